The van der Waals surface area contributed by atoms with Crippen molar-refractivity contribution >= 4 is 12.0 Å². The Morgan fingerprint density at radius 2 is 1.70 bits per heavy atom. The topological polar surface area (TPSA) is 58.6 Å². The number of ether oxygens (including phenoxy) is 1. The van der Waals surface area contributed by atoms with Crippen LogP contribution in [0.3, 0.4) is 0 Å². The van der Waals surface area contributed by atoms with Gasteiger partial charge in [0.25, 0.3) is 5.91 Å². The van der Waals surface area contributed by atoms with E-state index in [0.717, 1.165) is 12.8 Å². The fourth-order valence-electron chi connectivity index (χ4n) is 2.73. The molecule has 5 nitrogen and oxygen atoms in total. The average molecular weight is 318 g/mol. The van der Waals surface area contributed by atoms with Gasteiger partial charge in [-0.1, -0.05) is 32.9 Å². The molecular weight excluding hydrogens is 292 g/mol. The molecule has 1 heterocycles. The largest absolute Gasteiger partial charge is 0.453 e. The first kappa shape index (κ1) is 17.3. The van der Waals surface area contributed by atoms with Crippen molar-refractivity contribution in [3.05, 3.63) is 35.4 Å². The van der Waals surface area contributed by atoms with Gasteiger partial charge in [0.15, 0.2) is 0 Å². The van der Waals surface area contributed by atoms with Gasteiger partial charge in [0.05, 0.1) is 7.11 Å². The maximum atomic E-state index is 12.3. The van der Waals surface area contributed by atoms with Gasteiger partial charge in [0.1, 0.15) is 0 Å². The fourth-order valence-corrected chi connectivity index (χ4v) is 2.73. The first-order valence-electron chi connectivity index (χ1n) is 8.05. The zero-order chi connectivity index (χ0) is 17.0. The number of nitrogens with zero attached hydrogens (tertiary/aromatic N) is 1. The van der Waals surface area contributed by atoms with E-state index >= 15 is 0 Å². The highest BCUT2D eigenvalue weighted by atomic mass is 16.5. The molecule has 1 aromatic carbocycles. The van der Waals surface area contributed by atoms with Crippen LogP contribution in [0.4, 0.5) is 4.79 Å². The van der Waals surface area contributed by atoms with Crippen LogP contribution in [0.15, 0.2) is 24.3 Å². The Kier molecular flexibility index (Phi) is 5.29. The summed E-state index contributed by atoms with van der Waals surface area (Å²) in [4.78, 5) is 25.4. The van der Waals surface area contributed by atoms with Crippen molar-refractivity contribution in [1.82, 2.24) is 10.2 Å². The molecule has 23 heavy (non-hydrogen) atoms. The van der Waals surface area contributed by atoms with Crippen molar-refractivity contribution in [2.24, 2.45) is 0 Å². The molecule has 0 aliphatic carbocycles. The molecule has 126 valence electrons. The average Bonchev–Trinajstić information content (AvgIpc) is 2.54. The lowest BCUT2D eigenvalue weighted by molar-refractivity contribution is 0.0892. The lowest BCUT2D eigenvalue weighted by Gasteiger charge is -2.31. The van der Waals surface area contributed by atoms with E-state index in [-0.39, 0.29) is 23.5 Å². The van der Waals surface area contributed by atoms with Crippen LogP contribution in [-0.2, 0) is 10.2 Å². The monoisotopic (exact) mass is 318 g/mol. The molecule has 5 heteroatoms. The molecule has 0 atom stereocenters. The van der Waals surface area contributed by atoms with E-state index in [1.807, 2.05) is 24.3 Å². The molecule has 1 aliphatic rings. The molecule has 0 radical (unpaired) electrons. The number of piperidine rings is 1. The summed E-state index contributed by atoms with van der Waals surface area (Å²) in [6, 6.07) is 7.87. The highest BCUT2D eigenvalue weighted by molar-refractivity contribution is 5.94. The molecule has 1 N–H and O–H groups in total. The normalized spacial score (nSPS) is 16.1. The molecule has 0 aromatic heterocycles. The Bertz CT molecular complexity index is 553. The van der Waals surface area contributed by atoms with Crippen molar-refractivity contribution in [2.75, 3.05) is 20.2 Å². The van der Waals surface area contributed by atoms with Gasteiger partial charge >= 0.3 is 6.09 Å². The third-order valence-corrected chi connectivity index (χ3v) is 4.28. The van der Waals surface area contributed by atoms with E-state index in [0.29, 0.717) is 18.7 Å². The first-order chi connectivity index (χ1) is 10.8. The standard InChI is InChI=1S/C18H26N2O3/c1-18(2,3)14-7-5-13(6-8-14)16(21)19-15-9-11-20(12-10-15)17(22)23-4/h5-8,15H,9-12H2,1-4H3,(H,19,21). The smallest absolute Gasteiger partial charge is 0.409 e. The third-order valence-electron chi connectivity index (χ3n) is 4.28. The van der Waals surface area contributed by atoms with Gasteiger partial charge in [0.2, 0.25) is 0 Å². The number of hydrogen-bond donors (Lipinski definition) is 1. The predicted octanol–water partition coefficient (Wildman–Crippen LogP) is 2.94. The molecule has 0 spiro atoms. The minimum atomic E-state index is -0.299. The third kappa shape index (κ3) is 4.47. The van der Waals surface area contributed by atoms with E-state index in [1.54, 1.807) is 4.90 Å². The second-order valence-electron chi connectivity index (χ2n) is 7.03. The first-order valence-corrected chi connectivity index (χ1v) is 8.05. The van der Waals surface area contributed by atoms with E-state index in [1.165, 1.54) is 12.7 Å². The number of methoxy groups -OCH3 is 1. The number of hydrogen-bond acceptors (Lipinski definition) is 3. The van der Waals surface area contributed by atoms with Crippen LogP contribution in [0.1, 0.15) is 49.5 Å². The molecule has 0 bridgehead atoms. The molecule has 1 fully saturated rings. The van der Waals surface area contributed by atoms with Crippen molar-refractivity contribution in [3.63, 3.8) is 0 Å². The summed E-state index contributed by atoms with van der Waals surface area (Å²) in [5, 5.41) is 3.05. The maximum Gasteiger partial charge on any atom is 0.409 e. The lowest BCUT2D eigenvalue weighted by Crippen LogP contribution is -2.46. The van der Waals surface area contributed by atoms with Gasteiger partial charge in [-0.3, -0.25) is 4.79 Å². The van der Waals surface area contributed by atoms with Gasteiger partial charge < -0.3 is 15.0 Å². The number of nitrogens with one attached hydrogen (secondary N) is 1. The minimum Gasteiger partial charge on any atom is -0.453 e. The lowest BCUT2D eigenvalue weighted by atomic mass is 9.86. The van der Waals surface area contributed by atoms with E-state index in [4.69, 9.17) is 4.74 Å². The van der Waals surface area contributed by atoms with Crippen LogP contribution >= 0.6 is 0 Å². The van der Waals surface area contributed by atoms with Gasteiger partial charge in [-0.15, -0.1) is 0 Å². The Labute approximate surface area is 138 Å². The van der Waals surface area contributed by atoms with Crippen LogP contribution in [0, 0.1) is 0 Å². The van der Waals surface area contributed by atoms with Crippen LogP contribution < -0.4 is 5.32 Å². The van der Waals surface area contributed by atoms with Crippen LogP contribution in [-0.4, -0.2) is 43.1 Å². The highest BCUT2D eigenvalue weighted by Gasteiger charge is 2.24. The molecule has 0 saturated carbocycles. The summed E-state index contributed by atoms with van der Waals surface area (Å²) < 4.78 is 4.71. The van der Waals surface area contributed by atoms with E-state index < -0.39 is 0 Å². The quantitative estimate of drug-likeness (QED) is 0.912. The van der Waals surface area contributed by atoms with Crippen molar-refractivity contribution in [3.8, 4) is 0 Å². The highest BCUT2D eigenvalue weighted by Crippen LogP contribution is 2.22. The SMILES string of the molecule is COC(=O)N1CCC(NC(=O)c2ccc(C(C)(C)C)cc2)CC1. The zero-order valence-electron chi connectivity index (χ0n) is 14.4. The number of likely N-dealkylation sites (tertiary alicyclic amines) is 1. The molecule has 2 amide bonds. The molecule has 1 aromatic rings. The summed E-state index contributed by atoms with van der Waals surface area (Å²) in [6.07, 6.45) is 1.20. The summed E-state index contributed by atoms with van der Waals surface area (Å²) in [7, 11) is 1.39. The van der Waals surface area contributed by atoms with Crippen LogP contribution in [0.5, 0.6) is 0 Å². The predicted molar refractivity (Wildman–Crippen MR) is 89.6 cm³/mol. The Balaban J connectivity index is 1.89. The summed E-state index contributed by atoms with van der Waals surface area (Å²) in [6.45, 7) is 7.67. The fraction of sp³-hybridized carbons (Fsp3) is 0.556. The zero-order valence-corrected chi connectivity index (χ0v) is 14.4. The van der Waals surface area contributed by atoms with Crippen molar-refractivity contribution in [2.45, 2.75) is 45.1 Å². The minimum absolute atomic E-state index is 0.0537. The van der Waals surface area contributed by atoms with Crippen molar-refractivity contribution in [1.29, 1.82) is 0 Å². The number of carbonyl (C=O) groups is 2. The molecule has 1 saturated heterocycles. The Hall–Kier alpha value is -2.04. The Morgan fingerprint density at radius 1 is 1.13 bits per heavy atom. The second-order valence-corrected chi connectivity index (χ2v) is 7.03. The number of benzene rings is 1. The molecule has 0 unspecified atom stereocenters. The number of rotatable bonds is 2. The molecule has 1 aliphatic heterocycles. The summed E-state index contributed by atoms with van der Waals surface area (Å²) in [5.74, 6) is -0.0537. The van der Waals surface area contributed by atoms with Crippen molar-refractivity contribution < 1.29 is 14.3 Å². The molecular formula is C18H26N2O3. The van der Waals surface area contributed by atoms with Crippen LogP contribution in [0.25, 0.3) is 0 Å². The van der Waals surface area contributed by atoms with Gasteiger partial charge in [-0.05, 0) is 36.0 Å². The second kappa shape index (κ2) is 7.02. The van der Waals surface area contributed by atoms with E-state index in [9.17, 15) is 9.59 Å². The van der Waals surface area contributed by atoms with Crippen LogP contribution in [0.2, 0.25) is 0 Å². The molecule has 2 rings (SSSR count). The number of carbonyl (C=O) groups excluding carboxylic acids is 2. The van der Waals surface area contributed by atoms with Gasteiger partial charge in [0, 0.05) is 24.7 Å². The van der Waals surface area contributed by atoms with E-state index in [2.05, 4.69) is 26.1 Å². The Morgan fingerprint density at radius 3 is 2.17 bits per heavy atom. The number of amides is 2. The summed E-state index contributed by atoms with van der Waals surface area (Å²) >= 11 is 0. The van der Waals surface area contributed by atoms with Gasteiger partial charge in [-0.2, -0.15) is 0 Å². The van der Waals surface area contributed by atoms with Gasteiger partial charge in [-0.25, -0.2) is 4.79 Å². The summed E-state index contributed by atoms with van der Waals surface area (Å²) in [5.41, 5.74) is 1.96. The maximum absolute atomic E-state index is 12.3.